The van der Waals surface area contributed by atoms with E-state index in [1.165, 1.54) is 6.07 Å². The lowest BCUT2D eigenvalue weighted by Gasteiger charge is -2.14. The van der Waals surface area contributed by atoms with Gasteiger partial charge in [0.2, 0.25) is 5.91 Å². The van der Waals surface area contributed by atoms with E-state index in [1.54, 1.807) is 19.1 Å². The van der Waals surface area contributed by atoms with E-state index in [4.69, 9.17) is 0 Å². The SMILES string of the molecule is CC(C(=O)Nc1ccccc1)c1ccc(-c2ccccc2)c(F)c1. The molecule has 1 atom stereocenters. The number of rotatable bonds is 4. The highest BCUT2D eigenvalue weighted by Gasteiger charge is 2.17. The minimum absolute atomic E-state index is 0.159. The zero-order valence-corrected chi connectivity index (χ0v) is 13.4. The monoisotopic (exact) mass is 319 g/mol. The summed E-state index contributed by atoms with van der Waals surface area (Å²) in [4.78, 5) is 12.3. The Kier molecular flexibility index (Phi) is 4.71. The molecule has 0 aromatic heterocycles. The van der Waals surface area contributed by atoms with Crippen molar-refractivity contribution in [1.82, 2.24) is 0 Å². The number of carbonyl (C=O) groups excluding carboxylic acids is 1. The zero-order valence-electron chi connectivity index (χ0n) is 13.4. The molecule has 1 amide bonds. The molecule has 0 fully saturated rings. The summed E-state index contributed by atoms with van der Waals surface area (Å²) in [6, 6.07) is 23.6. The van der Waals surface area contributed by atoms with Crippen molar-refractivity contribution in [3.05, 3.63) is 90.2 Å². The van der Waals surface area contributed by atoms with Gasteiger partial charge in [0, 0.05) is 11.3 Å². The van der Waals surface area contributed by atoms with Crippen molar-refractivity contribution in [1.29, 1.82) is 0 Å². The minimum Gasteiger partial charge on any atom is -0.326 e. The van der Waals surface area contributed by atoms with Crippen LogP contribution in [-0.2, 0) is 4.79 Å². The van der Waals surface area contributed by atoms with E-state index >= 15 is 0 Å². The number of hydrogen-bond donors (Lipinski definition) is 1. The predicted molar refractivity (Wildman–Crippen MR) is 95.3 cm³/mol. The average molecular weight is 319 g/mol. The van der Waals surface area contributed by atoms with Crippen molar-refractivity contribution in [2.45, 2.75) is 12.8 Å². The summed E-state index contributed by atoms with van der Waals surface area (Å²) >= 11 is 0. The topological polar surface area (TPSA) is 29.1 Å². The average Bonchev–Trinajstić information content (AvgIpc) is 2.62. The first-order valence-corrected chi connectivity index (χ1v) is 7.86. The van der Waals surface area contributed by atoms with Crippen molar-refractivity contribution in [3.63, 3.8) is 0 Å². The first-order valence-electron chi connectivity index (χ1n) is 7.86. The number of anilines is 1. The quantitative estimate of drug-likeness (QED) is 0.700. The lowest BCUT2D eigenvalue weighted by atomic mass is 9.96. The summed E-state index contributed by atoms with van der Waals surface area (Å²) in [5.74, 6) is -0.921. The van der Waals surface area contributed by atoms with E-state index in [0.717, 1.165) is 11.3 Å². The second-order valence-electron chi connectivity index (χ2n) is 5.68. The standard InChI is InChI=1S/C21H18FNO/c1-15(21(24)23-18-10-6-3-7-11-18)17-12-13-19(20(22)14-17)16-8-4-2-5-9-16/h2-15H,1H3,(H,23,24). The van der Waals surface area contributed by atoms with Crippen LogP contribution in [0.4, 0.5) is 10.1 Å². The molecule has 0 aliphatic rings. The third-order valence-corrected chi connectivity index (χ3v) is 4.01. The molecular weight excluding hydrogens is 301 g/mol. The van der Waals surface area contributed by atoms with Gasteiger partial charge in [-0.15, -0.1) is 0 Å². The maximum Gasteiger partial charge on any atom is 0.231 e. The Labute approximate surface area is 141 Å². The minimum atomic E-state index is -0.440. The van der Waals surface area contributed by atoms with Gasteiger partial charge in [-0.25, -0.2) is 4.39 Å². The lowest BCUT2D eigenvalue weighted by molar-refractivity contribution is -0.117. The maximum atomic E-state index is 14.5. The molecule has 0 aliphatic heterocycles. The molecule has 120 valence electrons. The number of carbonyl (C=O) groups is 1. The van der Waals surface area contributed by atoms with Crippen molar-refractivity contribution in [2.75, 3.05) is 5.32 Å². The van der Waals surface area contributed by atoms with Crippen LogP contribution >= 0.6 is 0 Å². The fraction of sp³-hybridized carbons (Fsp3) is 0.0952. The molecule has 1 N–H and O–H groups in total. The van der Waals surface area contributed by atoms with Crippen LogP contribution in [-0.4, -0.2) is 5.91 Å². The summed E-state index contributed by atoms with van der Waals surface area (Å²) in [5.41, 5.74) is 2.74. The predicted octanol–water partition coefficient (Wildman–Crippen LogP) is 5.23. The number of hydrogen-bond acceptors (Lipinski definition) is 1. The number of benzene rings is 3. The second-order valence-corrected chi connectivity index (χ2v) is 5.68. The molecule has 3 heteroatoms. The molecule has 0 spiro atoms. The first kappa shape index (κ1) is 15.9. The highest BCUT2D eigenvalue weighted by molar-refractivity contribution is 5.95. The van der Waals surface area contributed by atoms with Crippen LogP contribution in [0.2, 0.25) is 0 Å². The molecule has 2 nitrogen and oxygen atoms in total. The number of nitrogens with one attached hydrogen (secondary N) is 1. The highest BCUT2D eigenvalue weighted by atomic mass is 19.1. The van der Waals surface area contributed by atoms with Gasteiger partial charge in [0.05, 0.1) is 5.92 Å². The highest BCUT2D eigenvalue weighted by Crippen LogP contribution is 2.26. The van der Waals surface area contributed by atoms with Gasteiger partial charge >= 0.3 is 0 Å². The van der Waals surface area contributed by atoms with Crippen molar-refractivity contribution in [2.24, 2.45) is 0 Å². The zero-order chi connectivity index (χ0) is 16.9. The molecule has 1 unspecified atom stereocenters. The van der Waals surface area contributed by atoms with Gasteiger partial charge in [-0.1, -0.05) is 60.7 Å². The van der Waals surface area contributed by atoms with Crippen LogP contribution in [0.5, 0.6) is 0 Å². The van der Waals surface area contributed by atoms with E-state index in [1.807, 2.05) is 60.7 Å². The van der Waals surface area contributed by atoms with Crippen molar-refractivity contribution < 1.29 is 9.18 Å². The maximum absolute atomic E-state index is 14.5. The van der Waals surface area contributed by atoms with Gasteiger partial charge in [-0.3, -0.25) is 4.79 Å². The molecule has 24 heavy (non-hydrogen) atoms. The van der Waals surface area contributed by atoms with Gasteiger partial charge in [-0.05, 0) is 36.2 Å². The van der Waals surface area contributed by atoms with Crippen molar-refractivity contribution >= 4 is 11.6 Å². The van der Waals surface area contributed by atoms with Crippen molar-refractivity contribution in [3.8, 4) is 11.1 Å². The van der Waals surface area contributed by atoms with E-state index in [0.29, 0.717) is 11.1 Å². The summed E-state index contributed by atoms with van der Waals surface area (Å²) < 4.78 is 14.5. The Morgan fingerprint density at radius 3 is 2.17 bits per heavy atom. The molecule has 0 bridgehead atoms. The Morgan fingerprint density at radius 1 is 0.917 bits per heavy atom. The molecule has 3 aromatic carbocycles. The largest absolute Gasteiger partial charge is 0.326 e. The first-order chi connectivity index (χ1) is 11.6. The third-order valence-electron chi connectivity index (χ3n) is 4.01. The van der Waals surface area contributed by atoms with Gasteiger partial charge in [0.1, 0.15) is 5.82 Å². The van der Waals surface area contributed by atoms with Crippen LogP contribution < -0.4 is 5.32 Å². The van der Waals surface area contributed by atoms with Gasteiger partial charge in [-0.2, -0.15) is 0 Å². The molecule has 0 saturated carbocycles. The fourth-order valence-corrected chi connectivity index (χ4v) is 2.58. The van der Waals surface area contributed by atoms with E-state index in [2.05, 4.69) is 5.32 Å². The van der Waals surface area contributed by atoms with Crippen LogP contribution in [0.1, 0.15) is 18.4 Å². The van der Waals surface area contributed by atoms with Gasteiger partial charge in [0.25, 0.3) is 0 Å². The summed E-state index contributed by atoms with van der Waals surface area (Å²) in [5, 5.41) is 2.84. The Bertz CT molecular complexity index is 831. The molecule has 0 heterocycles. The molecule has 0 radical (unpaired) electrons. The van der Waals surface area contributed by atoms with Crippen LogP contribution in [0, 0.1) is 5.82 Å². The number of amides is 1. The van der Waals surface area contributed by atoms with Gasteiger partial charge in [0.15, 0.2) is 0 Å². The molecule has 3 rings (SSSR count). The molecule has 3 aromatic rings. The normalized spacial score (nSPS) is 11.8. The van der Waals surface area contributed by atoms with Gasteiger partial charge < -0.3 is 5.32 Å². The van der Waals surface area contributed by atoms with E-state index in [9.17, 15) is 9.18 Å². The Morgan fingerprint density at radius 2 is 1.54 bits per heavy atom. The summed E-state index contributed by atoms with van der Waals surface area (Å²) in [7, 11) is 0. The lowest BCUT2D eigenvalue weighted by Crippen LogP contribution is -2.18. The van der Waals surface area contributed by atoms with E-state index in [-0.39, 0.29) is 11.7 Å². The number of para-hydroxylation sites is 1. The van der Waals surface area contributed by atoms with Crippen LogP contribution in [0.3, 0.4) is 0 Å². The van der Waals surface area contributed by atoms with Crippen LogP contribution in [0.25, 0.3) is 11.1 Å². The second kappa shape index (κ2) is 7.09. The number of halogens is 1. The fourth-order valence-electron chi connectivity index (χ4n) is 2.58. The molecule has 0 saturated heterocycles. The molecule has 0 aliphatic carbocycles. The van der Waals surface area contributed by atoms with Crippen LogP contribution in [0.15, 0.2) is 78.9 Å². The molecular formula is C21H18FNO. The van der Waals surface area contributed by atoms with E-state index < -0.39 is 5.92 Å². The Hall–Kier alpha value is -2.94. The smallest absolute Gasteiger partial charge is 0.231 e. The summed E-state index contributed by atoms with van der Waals surface area (Å²) in [6.07, 6.45) is 0. The third kappa shape index (κ3) is 3.51. The Balaban J connectivity index is 1.79. The summed E-state index contributed by atoms with van der Waals surface area (Å²) in [6.45, 7) is 1.77.